The Bertz CT molecular complexity index is 619. The monoisotopic (exact) mass is 373 g/mol. The van der Waals surface area contributed by atoms with Gasteiger partial charge in [-0.25, -0.2) is 4.79 Å². The van der Waals surface area contributed by atoms with Crippen LogP contribution in [0, 0.1) is 11.8 Å². The van der Waals surface area contributed by atoms with Gasteiger partial charge >= 0.3 is 6.03 Å². The summed E-state index contributed by atoms with van der Waals surface area (Å²) in [5, 5.41) is 5.92. The predicted molar refractivity (Wildman–Crippen MR) is 110 cm³/mol. The van der Waals surface area contributed by atoms with E-state index in [2.05, 4.69) is 62.6 Å². The van der Waals surface area contributed by atoms with Gasteiger partial charge in [0.1, 0.15) is 0 Å². The molecule has 3 amide bonds. The molecule has 1 aromatic rings. The number of likely N-dealkylation sites (tertiary alicyclic amines) is 1. The molecule has 5 nitrogen and oxygen atoms in total. The van der Waals surface area contributed by atoms with Crippen LogP contribution in [0.15, 0.2) is 24.3 Å². The SMILES string of the molecule is CC[C@@H](C)c1ccc([C@@H](NC(=O)N2CCC(C(=O)NC)CC2)C(C)C)cc1. The van der Waals surface area contributed by atoms with E-state index in [1.807, 2.05) is 4.90 Å². The quantitative estimate of drug-likeness (QED) is 0.790. The molecule has 150 valence electrons. The normalized spacial score (nSPS) is 17.5. The minimum absolute atomic E-state index is 0.0138. The molecule has 2 atom stereocenters. The number of hydrogen-bond acceptors (Lipinski definition) is 2. The molecule has 1 aromatic carbocycles. The predicted octanol–water partition coefficient (Wildman–Crippen LogP) is 4.06. The largest absolute Gasteiger partial charge is 0.359 e. The van der Waals surface area contributed by atoms with Crippen molar-refractivity contribution in [1.29, 1.82) is 0 Å². The van der Waals surface area contributed by atoms with Crippen LogP contribution in [0.25, 0.3) is 0 Å². The first kappa shape index (κ1) is 21.3. The minimum Gasteiger partial charge on any atom is -0.359 e. The number of nitrogens with zero attached hydrogens (tertiary/aromatic N) is 1. The lowest BCUT2D eigenvalue weighted by Gasteiger charge is -2.33. The molecule has 0 radical (unpaired) electrons. The standard InChI is InChI=1S/C22H35N3O2/c1-6-16(4)17-7-9-18(10-8-17)20(15(2)3)24-22(27)25-13-11-19(12-14-25)21(26)23-5/h7-10,15-16,19-20H,6,11-14H2,1-5H3,(H,23,26)(H,24,27)/t16-,20+/m1/s1. The first-order valence-electron chi connectivity index (χ1n) is 10.2. The number of rotatable bonds is 6. The van der Waals surface area contributed by atoms with Gasteiger partial charge in [-0.3, -0.25) is 4.79 Å². The second-order valence-electron chi connectivity index (χ2n) is 8.02. The van der Waals surface area contributed by atoms with Crippen molar-refractivity contribution < 1.29 is 9.59 Å². The summed E-state index contributed by atoms with van der Waals surface area (Å²) in [7, 11) is 1.67. The Kier molecular flexibility index (Phi) is 7.69. The van der Waals surface area contributed by atoms with Crippen molar-refractivity contribution in [3.8, 4) is 0 Å². The van der Waals surface area contributed by atoms with E-state index in [0.717, 1.165) is 24.8 Å². The van der Waals surface area contributed by atoms with Crippen LogP contribution in [0.5, 0.6) is 0 Å². The molecule has 1 heterocycles. The molecule has 1 aliphatic heterocycles. The van der Waals surface area contributed by atoms with Crippen molar-refractivity contribution in [1.82, 2.24) is 15.5 Å². The van der Waals surface area contributed by atoms with E-state index in [0.29, 0.717) is 24.9 Å². The van der Waals surface area contributed by atoms with E-state index < -0.39 is 0 Å². The Hall–Kier alpha value is -2.04. The maximum absolute atomic E-state index is 12.8. The first-order chi connectivity index (χ1) is 12.9. The number of piperidine rings is 1. The third-order valence-corrected chi connectivity index (χ3v) is 5.82. The number of carbonyl (C=O) groups is 2. The summed E-state index contributed by atoms with van der Waals surface area (Å²) in [6, 6.07) is 8.60. The highest BCUT2D eigenvalue weighted by atomic mass is 16.2. The fourth-order valence-electron chi connectivity index (χ4n) is 3.68. The lowest BCUT2D eigenvalue weighted by atomic mass is 9.92. The molecule has 0 unspecified atom stereocenters. The average Bonchev–Trinajstić information content (AvgIpc) is 2.70. The van der Waals surface area contributed by atoms with Crippen LogP contribution in [0.4, 0.5) is 4.79 Å². The van der Waals surface area contributed by atoms with Crippen molar-refractivity contribution >= 4 is 11.9 Å². The van der Waals surface area contributed by atoms with E-state index in [1.54, 1.807) is 7.05 Å². The van der Waals surface area contributed by atoms with Gasteiger partial charge in [-0.2, -0.15) is 0 Å². The van der Waals surface area contributed by atoms with E-state index >= 15 is 0 Å². The zero-order chi connectivity index (χ0) is 20.0. The van der Waals surface area contributed by atoms with Gasteiger partial charge in [0.05, 0.1) is 6.04 Å². The van der Waals surface area contributed by atoms with Crippen molar-refractivity contribution in [2.45, 2.75) is 58.9 Å². The van der Waals surface area contributed by atoms with Crippen LogP contribution in [-0.2, 0) is 4.79 Å². The number of amides is 3. The molecule has 1 fully saturated rings. The molecule has 2 rings (SSSR count). The van der Waals surface area contributed by atoms with Gasteiger partial charge in [0, 0.05) is 26.1 Å². The van der Waals surface area contributed by atoms with Crippen molar-refractivity contribution in [3.05, 3.63) is 35.4 Å². The molecule has 0 aromatic heterocycles. The Balaban J connectivity index is 2.00. The van der Waals surface area contributed by atoms with Crippen LogP contribution in [0.2, 0.25) is 0 Å². The smallest absolute Gasteiger partial charge is 0.317 e. The summed E-state index contributed by atoms with van der Waals surface area (Å²) in [6.07, 6.45) is 2.57. The second kappa shape index (κ2) is 9.77. The summed E-state index contributed by atoms with van der Waals surface area (Å²) in [6.45, 7) is 9.95. The van der Waals surface area contributed by atoms with Crippen LogP contribution in [0.1, 0.15) is 70.0 Å². The Labute approximate surface area is 163 Å². The number of carbonyl (C=O) groups excluding carboxylic acids is 2. The lowest BCUT2D eigenvalue weighted by Crippen LogP contribution is -2.48. The third kappa shape index (κ3) is 5.47. The highest BCUT2D eigenvalue weighted by Crippen LogP contribution is 2.26. The first-order valence-corrected chi connectivity index (χ1v) is 10.2. The molecule has 5 heteroatoms. The van der Waals surface area contributed by atoms with Crippen LogP contribution < -0.4 is 10.6 Å². The Morgan fingerprint density at radius 3 is 2.11 bits per heavy atom. The maximum Gasteiger partial charge on any atom is 0.317 e. The van der Waals surface area contributed by atoms with E-state index in [4.69, 9.17) is 0 Å². The van der Waals surface area contributed by atoms with E-state index in [-0.39, 0.29) is 23.9 Å². The van der Waals surface area contributed by atoms with Gasteiger partial charge in [-0.1, -0.05) is 52.0 Å². The summed E-state index contributed by atoms with van der Waals surface area (Å²) in [5.74, 6) is 0.948. The van der Waals surface area contributed by atoms with E-state index in [9.17, 15) is 9.59 Å². The average molecular weight is 374 g/mol. The Morgan fingerprint density at radius 2 is 1.63 bits per heavy atom. The molecule has 1 saturated heterocycles. The van der Waals surface area contributed by atoms with Gasteiger partial charge in [0.2, 0.25) is 5.91 Å². The highest BCUT2D eigenvalue weighted by Gasteiger charge is 2.28. The maximum atomic E-state index is 12.8. The van der Waals surface area contributed by atoms with Crippen LogP contribution in [-0.4, -0.2) is 37.0 Å². The Morgan fingerprint density at radius 1 is 1.07 bits per heavy atom. The van der Waals surface area contributed by atoms with Crippen molar-refractivity contribution in [3.63, 3.8) is 0 Å². The fraction of sp³-hybridized carbons (Fsp3) is 0.636. The van der Waals surface area contributed by atoms with Crippen LogP contribution in [0.3, 0.4) is 0 Å². The minimum atomic E-state index is -0.0324. The van der Waals surface area contributed by atoms with Gasteiger partial charge in [-0.15, -0.1) is 0 Å². The molecular formula is C22H35N3O2. The summed E-state index contributed by atoms with van der Waals surface area (Å²) >= 11 is 0. The third-order valence-electron chi connectivity index (χ3n) is 5.82. The molecule has 0 bridgehead atoms. The molecule has 0 aliphatic carbocycles. The number of nitrogens with one attached hydrogen (secondary N) is 2. The fourth-order valence-corrected chi connectivity index (χ4v) is 3.68. The topological polar surface area (TPSA) is 61.4 Å². The number of urea groups is 1. The lowest BCUT2D eigenvalue weighted by molar-refractivity contribution is -0.125. The van der Waals surface area contributed by atoms with Gasteiger partial charge in [0.25, 0.3) is 0 Å². The highest BCUT2D eigenvalue weighted by molar-refractivity contribution is 5.79. The van der Waals surface area contributed by atoms with E-state index in [1.165, 1.54) is 5.56 Å². The molecule has 0 spiro atoms. The van der Waals surface area contributed by atoms with Gasteiger partial charge < -0.3 is 15.5 Å². The molecular weight excluding hydrogens is 338 g/mol. The second-order valence-corrected chi connectivity index (χ2v) is 8.02. The zero-order valence-electron chi connectivity index (χ0n) is 17.4. The molecule has 0 saturated carbocycles. The van der Waals surface area contributed by atoms with Gasteiger partial charge in [0.15, 0.2) is 0 Å². The summed E-state index contributed by atoms with van der Waals surface area (Å²) < 4.78 is 0. The summed E-state index contributed by atoms with van der Waals surface area (Å²) in [4.78, 5) is 26.4. The molecule has 2 N–H and O–H groups in total. The van der Waals surface area contributed by atoms with Gasteiger partial charge in [-0.05, 0) is 42.2 Å². The van der Waals surface area contributed by atoms with Crippen LogP contribution >= 0.6 is 0 Å². The number of hydrogen-bond donors (Lipinski definition) is 2. The zero-order valence-corrected chi connectivity index (χ0v) is 17.4. The molecule has 27 heavy (non-hydrogen) atoms. The molecule has 1 aliphatic rings. The van der Waals surface area contributed by atoms with Crippen molar-refractivity contribution in [2.24, 2.45) is 11.8 Å². The van der Waals surface area contributed by atoms with Crippen molar-refractivity contribution in [2.75, 3.05) is 20.1 Å². The number of benzene rings is 1. The summed E-state index contributed by atoms with van der Waals surface area (Å²) in [5.41, 5.74) is 2.48.